The third-order valence-corrected chi connectivity index (χ3v) is 5.72. The SMILES string of the molecule is CCC(C)(C(Cc1cccc(Br)c1)NC)N1CCCCC1. The molecule has 0 saturated carbocycles. The smallest absolute Gasteiger partial charge is 0.0334 e. The molecule has 1 saturated heterocycles. The Kier molecular flexibility index (Phi) is 6.27. The van der Waals surface area contributed by atoms with Gasteiger partial charge in [-0.1, -0.05) is 41.4 Å². The molecular formula is C18H29BrN2. The van der Waals surface area contributed by atoms with Crippen molar-refractivity contribution in [2.24, 2.45) is 0 Å². The molecule has 0 bridgehead atoms. The van der Waals surface area contributed by atoms with Gasteiger partial charge in [-0.2, -0.15) is 0 Å². The van der Waals surface area contributed by atoms with E-state index in [1.54, 1.807) is 0 Å². The van der Waals surface area contributed by atoms with Gasteiger partial charge in [0.05, 0.1) is 0 Å². The van der Waals surface area contributed by atoms with Crippen LogP contribution in [0.5, 0.6) is 0 Å². The minimum Gasteiger partial charge on any atom is -0.315 e. The highest BCUT2D eigenvalue weighted by atomic mass is 79.9. The zero-order valence-corrected chi connectivity index (χ0v) is 15.2. The molecule has 2 unspecified atom stereocenters. The molecule has 0 aliphatic carbocycles. The van der Waals surface area contributed by atoms with Crippen molar-refractivity contribution in [1.82, 2.24) is 10.2 Å². The first kappa shape index (κ1) is 17.0. The van der Waals surface area contributed by atoms with E-state index >= 15 is 0 Å². The number of piperidine rings is 1. The molecule has 1 aliphatic heterocycles. The van der Waals surface area contributed by atoms with Crippen LogP contribution < -0.4 is 5.32 Å². The highest BCUT2D eigenvalue weighted by molar-refractivity contribution is 9.10. The third kappa shape index (κ3) is 4.08. The molecule has 1 heterocycles. The van der Waals surface area contributed by atoms with Gasteiger partial charge in [0.25, 0.3) is 0 Å². The standard InChI is InChI=1S/C18H29BrN2/c1-4-18(2,21-11-6-5-7-12-21)17(20-3)14-15-9-8-10-16(19)13-15/h8-10,13,17,20H,4-7,11-12,14H2,1-3H3. The van der Waals surface area contributed by atoms with Gasteiger partial charge < -0.3 is 5.32 Å². The second kappa shape index (κ2) is 7.75. The number of likely N-dealkylation sites (N-methyl/N-ethyl adjacent to an activating group) is 1. The summed E-state index contributed by atoms with van der Waals surface area (Å²) >= 11 is 3.59. The van der Waals surface area contributed by atoms with Gasteiger partial charge in [-0.05, 0) is 70.4 Å². The van der Waals surface area contributed by atoms with Gasteiger partial charge in [0.15, 0.2) is 0 Å². The number of hydrogen-bond donors (Lipinski definition) is 1. The molecule has 21 heavy (non-hydrogen) atoms. The Labute approximate surface area is 138 Å². The van der Waals surface area contributed by atoms with E-state index in [0.717, 1.165) is 6.42 Å². The van der Waals surface area contributed by atoms with Crippen LogP contribution in [-0.4, -0.2) is 36.6 Å². The molecule has 3 heteroatoms. The van der Waals surface area contributed by atoms with E-state index in [4.69, 9.17) is 0 Å². The lowest BCUT2D eigenvalue weighted by atomic mass is 9.82. The largest absolute Gasteiger partial charge is 0.315 e. The fraction of sp³-hybridized carbons (Fsp3) is 0.667. The molecule has 2 rings (SSSR count). The van der Waals surface area contributed by atoms with Crippen LogP contribution in [0, 0.1) is 0 Å². The Morgan fingerprint density at radius 1 is 1.29 bits per heavy atom. The van der Waals surface area contributed by atoms with Gasteiger partial charge in [0, 0.05) is 16.1 Å². The Morgan fingerprint density at radius 2 is 2.00 bits per heavy atom. The summed E-state index contributed by atoms with van der Waals surface area (Å²) in [4.78, 5) is 2.72. The summed E-state index contributed by atoms with van der Waals surface area (Å²) < 4.78 is 1.17. The lowest BCUT2D eigenvalue weighted by molar-refractivity contribution is 0.0453. The molecule has 0 radical (unpaired) electrons. The molecular weight excluding hydrogens is 324 g/mol. The quantitative estimate of drug-likeness (QED) is 0.823. The van der Waals surface area contributed by atoms with Gasteiger partial charge in [-0.15, -0.1) is 0 Å². The second-order valence-electron chi connectivity index (χ2n) is 6.43. The molecule has 2 atom stereocenters. The van der Waals surface area contributed by atoms with E-state index in [2.05, 4.69) is 71.3 Å². The third-order valence-electron chi connectivity index (χ3n) is 5.22. The summed E-state index contributed by atoms with van der Waals surface area (Å²) in [6.07, 6.45) is 6.36. The fourth-order valence-corrected chi connectivity index (χ4v) is 4.07. The Bertz CT molecular complexity index is 443. The zero-order chi connectivity index (χ0) is 15.3. The van der Waals surface area contributed by atoms with E-state index in [0.29, 0.717) is 6.04 Å². The van der Waals surface area contributed by atoms with E-state index in [1.165, 1.54) is 48.8 Å². The monoisotopic (exact) mass is 352 g/mol. The van der Waals surface area contributed by atoms with Crippen LogP contribution >= 0.6 is 15.9 Å². The van der Waals surface area contributed by atoms with Crippen molar-refractivity contribution < 1.29 is 0 Å². The van der Waals surface area contributed by atoms with Crippen LogP contribution in [0.1, 0.15) is 45.1 Å². The minimum absolute atomic E-state index is 0.234. The van der Waals surface area contributed by atoms with Crippen LogP contribution in [-0.2, 0) is 6.42 Å². The lowest BCUT2D eigenvalue weighted by Crippen LogP contribution is -2.60. The Balaban J connectivity index is 2.16. The lowest BCUT2D eigenvalue weighted by Gasteiger charge is -2.48. The molecule has 2 nitrogen and oxygen atoms in total. The summed E-state index contributed by atoms with van der Waals surface area (Å²) in [5.74, 6) is 0. The topological polar surface area (TPSA) is 15.3 Å². The number of likely N-dealkylation sites (tertiary alicyclic amines) is 1. The van der Waals surface area contributed by atoms with Crippen molar-refractivity contribution in [2.75, 3.05) is 20.1 Å². The van der Waals surface area contributed by atoms with E-state index in [1.807, 2.05) is 0 Å². The highest BCUT2D eigenvalue weighted by Gasteiger charge is 2.37. The summed E-state index contributed by atoms with van der Waals surface area (Å²) in [5.41, 5.74) is 1.64. The van der Waals surface area contributed by atoms with E-state index < -0.39 is 0 Å². The molecule has 0 spiro atoms. The van der Waals surface area contributed by atoms with Crippen LogP contribution in [0.4, 0.5) is 0 Å². The normalized spacial score (nSPS) is 21.0. The molecule has 1 aromatic rings. The highest BCUT2D eigenvalue weighted by Crippen LogP contribution is 2.29. The van der Waals surface area contributed by atoms with Gasteiger partial charge in [0.2, 0.25) is 0 Å². The van der Waals surface area contributed by atoms with E-state index in [9.17, 15) is 0 Å². The number of halogens is 1. The number of benzene rings is 1. The van der Waals surface area contributed by atoms with Gasteiger partial charge in [0.1, 0.15) is 0 Å². The van der Waals surface area contributed by atoms with Crippen LogP contribution in [0.15, 0.2) is 28.7 Å². The average molecular weight is 353 g/mol. The van der Waals surface area contributed by atoms with Crippen molar-refractivity contribution >= 4 is 15.9 Å². The second-order valence-corrected chi connectivity index (χ2v) is 7.35. The molecule has 1 aromatic carbocycles. The Morgan fingerprint density at radius 3 is 2.57 bits per heavy atom. The predicted molar refractivity (Wildman–Crippen MR) is 94.8 cm³/mol. The Hall–Kier alpha value is -0.380. The van der Waals surface area contributed by atoms with Crippen molar-refractivity contribution in [3.63, 3.8) is 0 Å². The maximum atomic E-state index is 3.60. The maximum Gasteiger partial charge on any atom is 0.0334 e. The average Bonchev–Trinajstić information content (AvgIpc) is 2.53. The molecule has 1 fully saturated rings. The first-order chi connectivity index (χ1) is 10.1. The number of rotatable bonds is 6. The first-order valence-electron chi connectivity index (χ1n) is 8.27. The van der Waals surface area contributed by atoms with Gasteiger partial charge >= 0.3 is 0 Å². The van der Waals surface area contributed by atoms with Crippen molar-refractivity contribution in [3.05, 3.63) is 34.3 Å². The molecule has 1 N–H and O–H groups in total. The van der Waals surface area contributed by atoms with Gasteiger partial charge in [-0.3, -0.25) is 4.90 Å². The van der Waals surface area contributed by atoms with Crippen LogP contribution in [0.3, 0.4) is 0 Å². The number of nitrogens with one attached hydrogen (secondary N) is 1. The minimum atomic E-state index is 0.234. The fourth-order valence-electron chi connectivity index (χ4n) is 3.63. The number of hydrogen-bond acceptors (Lipinski definition) is 2. The van der Waals surface area contributed by atoms with Crippen molar-refractivity contribution in [2.45, 2.75) is 57.5 Å². The first-order valence-corrected chi connectivity index (χ1v) is 9.06. The molecule has 1 aliphatic rings. The van der Waals surface area contributed by atoms with Gasteiger partial charge in [-0.25, -0.2) is 0 Å². The summed E-state index contributed by atoms with van der Waals surface area (Å²) in [7, 11) is 2.11. The summed E-state index contributed by atoms with van der Waals surface area (Å²) in [5, 5.41) is 3.60. The summed E-state index contributed by atoms with van der Waals surface area (Å²) in [6, 6.07) is 9.20. The molecule has 118 valence electrons. The van der Waals surface area contributed by atoms with Crippen molar-refractivity contribution in [3.8, 4) is 0 Å². The number of nitrogens with zero attached hydrogens (tertiary/aromatic N) is 1. The van der Waals surface area contributed by atoms with Crippen molar-refractivity contribution in [1.29, 1.82) is 0 Å². The molecule has 0 amide bonds. The van der Waals surface area contributed by atoms with Crippen LogP contribution in [0.25, 0.3) is 0 Å². The maximum absolute atomic E-state index is 3.60. The molecule has 0 aromatic heterocycles. The predicted octanol–water partition coefficient (Wildman–Crippen LogP) is 4.23. The van der Waals surface area contributed by atoms with Crippen LogP contribution in [0.2, 0.25) is 0 Å². The summed E-state index contributed by atoms with van der Waals surface area (Å²) in [6.45, 7) is 7.28. The zero-order valence-electron chi connectivity index (χ0n) is 13.7. The van der Waals surface area contributed by atoms with E-state index in [-0.39, 0.29) is 5.54 Å².